The van der Waals surface area contributed by atoms with Gasteiger partial charge in [-0.1, -0.05) is 77.6 Å². The molecule has 1 aliphatic heterocycles. The first kappa shape index (κ1) is 31.5. The van der Waals surface area contributed by atoms with Gasteiger partial charge in [0.1, 0.15) is 6.61 Å². The molecule has 2 heterocycles. The van der Waals surface area contributed by atoms with Crippen LogP contribution >= 0.6 is 27.3 Å². The van der Waals surface area contributed by atoms with Gasteiger partial charge in [0.15, 0.2) is 16.3 Å². The normalized spacial score (nSPS) is 14.6. The molecule has 1 aromatic heterocycles. The Labute approximate surface area is 279 Å². The summed E-state index contributed by atoms with van der Waals surface area (Å²) in [6.07, 6.45) is 1.82. The fourth-order valence-electron chi connectivity index (χ4n) is 5.57. The first-order chi connectivity index (χ1) is 22.3. The van der Waals surface area contributed by atoms with Crippen molar-refractivity contribution in [3.05, 3.63) is 137 Å². The van der Waals surface area contributed by atoms with Gasteiger partial charge in [-0.3, -0.25) is 9.36 Å². The lowest BCUT2D eigenvalue weighted by molar-refractivity contribution is -0.139. The van der Waals surface area contributed by atoms with Gasteiger partial charge in [-0.2, -0.15) is 0 Å². The third-order valence-electron chi connectivity index (χ3n) is 7.74. The van der Waals surface area contributed by atoms with Crippen LogP contribution in [0.25, 0.3) is 16.8 Å². The Bertz CT molecular complexity index is 2170. The molecule has 7 nitrogen and oxygen atoms in total. The first-order valence-corrected chi connectivity index (χ1v) is 16.7. The number of nitrogens with zero attached hydrogens (tertiary/aromatic N) is 2. The second-order valence-electron chi connectivity index (χ2n) is 10.9. The maximum atomic E-state index is 14.1. The van der Waals surface area contributed by atoms with Crippen molar-refractivity contribution < 1.29 is 19.0 Å². The molecule has 4 aromatic carbocycles. The molecule has 0 radical (unpaired) electrons. The molecule has 0 unspecified atom stereocenters. The number of aromatic nitrogens is 1. The fraction of sp³-hybridized carbons (Fsp3) is 0.216. The van der Waals surface area contributed by atoms with Crippen LogP contribution in [0.15, 0.2) is 104 Å². The zero-order chi connectivity index (χ0) is 32.4. The molecule has 0 fully saturated rings. The van der Waals surface area contributed by atoms with Gasteiger partial charge >= 0.3 is 5.97 Å². The minimum atomic E-state index is -0.658. The van der Waals surface area contributed by atoms with Crippen LogP contribution in [0.2, 0.25) is 0 Å². The highest BCUT2D eigenvalue weighted by Gasteiger charge is 2.33. The number of carbonyl (C=O) groups is 1. The predicted octanol–water partition coefficient (Wildman–Crippen LogP) is 7.00. The Kier molecular flexibility index (Phi) is 9.24. The summed E-state index contributed by atoms with van der Waals surface area (Å²) in [5.74, 6) is 0.672. The van der Waals surface area contributed by atoms with Gasteiger partial charge in [-0.05, 0) is 95.4 Å². The Morgan fingerprint density at radius 3 is 2.46 bits per heavy atom. The van der Waals surface area contributed by atoms with Crippen LogP contribution in [0, 0.1) is 6.92 Å². The number of aryl methyl sites for hydroxylation is 1. The maximum Gasteiger partial charge on any atom is 0.338 e. The molecule has 0 bridgehead atoms. The van der Waals surface area contributed by atoms with E-state index in [0.717, 1.165) is 27.6 Å². The van der Waals surface area contributed by atoms with E-state index < -0.39 is 12.0 Å². The molecule has 46 heavy (non-hydrogen) atoms. The Morgan fingerprint density at radius 1 is 0.957 bits per heavy atom. The number of halogens is 1. The highest BCUT2D eigenvalue weighted by molar-refractivity contribution is 9.10. The second kappa shape index (κ2) is 13.5. The number of benzene rings is 4. The maximum absolute atomic E-state index is 14.1. The van der Waals surface area contributed by atoms with E-state index in [1.54, 1.807) is 18.4 Å². The van der Waals surface area contributed by atoms with Crippen molar-refractivity contribution in [1.29, 1.82) is 0 Å². The van der Waals surface area contributed by atoms with Crippen molar-refractivity contribution in [2.24, 2.45) is 4.99 Å². The minimum absolute atomic E-state index is 0.222. The molecule has 5 aromatic rings. The third kappa shape index (κ3) is 6.30. The quantitative estimate of drug-likeness (QED) is 0.155. The van der Waals surface area contributed by atoms with Crippen LogP contribution in [-0.4, -0.2) is 23.8 Å². The van der Waals surface area contributed by atoms with Gasteiger partial charge in [0.25, 0.3) is 5.56 Å². The average Bonchev–Trinajstić information content (AvgIpc) is 3.34. The van der Waals surface area contributed by atoms with Crippen molar-refractivity contribution in [2.75, 3.05) is 13.2 Å². The summed E-state index contributed by atoms with van der Waals surface area (Å²) in [5.41, 5.74) is 4.34. The number of thiazole rings is 1. The van der Waals surface area contributed by atoms with E-state index >= 15 is 0 Å². The van der Waals surface area contributed by atoms with Crippen molar-refractivity contribution in [2.45, 2.75) is 40.3 Å². The predicted molar refractivity (Wildman–Crippen MR) is 185 cm³/mol. The average molecular weight is 698 g/mol. The van der Waals surface area contributed by atoms with E-state index in [9.17, 15) is 9.59 Å². The molecule has 1 atom stereocenters. The standard InChI is InChI=1S/C37H33BrN2O5S/c1-5-43-30-19-25(18-29(38)34(30)45-21-24-13-16-26-9-7-8-10-28(26)17-24)20-31-35(41)40-33(27-14-11-22(3)12-15-27)32(36(42)44-6-2)23(4)39-37(40)46-31/h7-20,33H,5-6,21H2,1-4H3/b31-20+/t33-/m1/s1. The number of hydrogen-bond acceptors (Lipinski definition) is 7. The van der Waals surface area contributed by atoms with Crippen LogP contribution in [0.5, 0.6) is 11.5 Å². The molecule has 0 saturated carbocycles. The third-order valence-corrected chi connectivity index (χ3v) is 9.31. The lowest BCUT2D eigenvalue weighted by atomic mass is 9.95. The van der Waals surface area contributed by atoms with Crippen LogP contribution < -0.4 is 24.4 Å². The van der Waals surface area contributed by atoms with Crippen LogP contribution in [0.3, 0.4) is 0 Å². The van der Waals surface area contributed by atoms with Gasteiger partial charge in [-0.25, -0.2) is 9.79 Å². The van der Waals surface area contributed by atoms with Crippen molar-refractivity contribution in [1.82, 2.24) is 4.57 Å². The number of hydrogen-bond donors (Lipinski definition) is 0. The number of rotatable bonds is 9. The van der Waals surface area contributed by atoms with Gasteiger partial charge in [0.05, 0.1) is 39.5 Å². The Balaban J connectivity index is 1.38. The van der Waals surface area contributed by atoms with Crippen LogP contribution in [0.1, 0.15) is 49.1 Å². The van der Waals surface area contributed by atoms with Crippen LogP contribution in [0.4, 0.5) is 0 Å². The molecule has 0 saturated heterocycles. The molecule has 0 amide bonds. The van der Waals surface area contributed by atoms with E-state index in [4.69, 9.17) is 14.2 Å². The first-order valence-electron chi connectivity index (χ1n) is 15.1. The summed E-state index contributed by atoms with van der Waals surface area (Å²) in [6.45, 7) is 8.49. The topological polar surface area (TPSA) is 79.1 Å². The summed E-state index contributed by atoms with van der Waals surface area (Å²) in [7, 11) is 0. The summed E-state index contributed by atoms with van der Waals surface area (Å²) >= 11 is 4.96. The number of ether oxygens (including phenoxy) is 3. The summed E-state index contributed by atoms with van der Waals surface area (Å²) in [6, 6.07) is 25.4. The van der Waals surface area contributed by atoms with Gasteiger partial charge < -0.3 is 14.2 Å². The number of esters is 1. The van der Waals surface area contributed by atoms with Gasteiger partial charge in [0.2, 0.25) is 0 Å². The molecule has 1 aliphatic rings. The van der Waals surface area contributed by atoms with E-state index in [1.165, 1.54) is 16.7 Å². The molecule has 234 valence electrons. The Hall–Kier alpha value is -4.47. The number of allylic oxidation sites excluding steroid dienone is 1. The van der Waals surface area contributed by atoms with Crippen LogP contribution in [-0.2, 0) is 16.1 Å². The lowest BCUT2D eigenvalue weighted by Gasteiger charge is -2.24. The largest absolute Gasteiger partial charge is 0.490 e. The van der Waals surface area contributed by atoms with E-state index in [1.807, 2.05) is 68.5 Å². The van der Waals surface area contributed by atoms with E-state index in [2.05, 4.69) is 51.3 Å². The Morgan fingerprint density at radius 2 is 1.72 bits per heavy atom. The zero-order valence-electron chi connectivity index (χ0n) is 26.0. The monoisotopic (exact) mass is 696 g/mol. The SMILES string of the molecule is CCOC(=O)C1=C(C)N=c2s/c(=C/c3cc(Br)c(OCc4ccc5ccccc5c4)c(OCC)c3)c(=O)n2[C@@H]1c1ccc(C)cc1. The summed E-state index contributed by atoms with van der Waals surface area (Å²) in [5, 5.41) is 2.33. The number of carbonyl (C=O) groups excluding carboxylic acids is 1. The van der Waals surface area contributed by atoms with Crippen molar-refractivity contribution in [3.63, 3.8) is 0 Å². The van der Waals surface area contributed by atoms with E-state index in [-0.39, 0.29) is 12.2 Å². The highest BCUT2D eigenvalue weighted by Crippen LogP contribution is 2.38. The molecule has 0 aliphatic carbocycles. The highest BCUT2D eigenvalue weighted by atomic mass is 79.9. The second-order valence-corrected chi connectivity index (χ2v) is 12.8. The van der Waals surface area contributed by atoms with E-state index in [0.29, 0.717) is 49.8 Å². The smallest absolute Gasteiger partial charge is 0.338 e. The molecular formula is C37H33BrN2O5S. The molecule has 9 heteroatoms. The van der Waals surface area contributed by atoms with Crippen molar-refractivity contribution >= 4 is 50.1 Å². The summed E-state index contributed by atoms with van der Waals surface area (Å²) < 4.78 is 20.5. The molecule has 0 spiro atoms. The molecule has 0 N–H and O–H groups in total. The fourth-order valence-corrected chi connectivity index (χ4v) is 7.19. The molecule has 6 rings (SSSR count). The lowest BCUT2D eigenvalue weighted by Crippen LogP contribution is -2.39. The number of fused-ring (bicyclic) bond motifs is 2. The van der Waals surface area contributed by atoms with Gasteiger partial charge in [0, 0.05) is 0 Å². The summed E-state index contributed by atoms with van der Waals surface area (Å²) in [4.78, 5) is 32.4. The minimum Gasteiger partial charge on any atom is -0.490 e. The molecular weight excluding hydrogens is 664 g/mol. The zero-order valence-corrected chi connectivity index (χ0v) is 28.4. The van der Waals surface area contributed by atoms with Crippen molar-refractivity contribution in [3.8, 4) is 11.5 Å². The van der Waals surface area contributed by atoms with Gasteiger partial charge in [-0.15, -0.1) is 0 Å².